The molecule has 17 heavy (non-hydrogen) atoms. The minimum atomic E-state index is -0.257. The zero-order valence-electron chi connectivity index (χ0n) is 9.87. The van der Waals surface area contributed by atoms with Gasteiger partial charge in [0.15, 0.2) is 6.61 Å². The van der Waals surface area contributed by atoms with Crippen molar-refractivity contribution in [3.63, 3.8) is 0 Å². The lowest BCUT2D eigenvalue weighted by atomic mass is 10.2. The molecule has 4 nitrogen and oxygen atoms in total. The molecule has 0 heterocycles. The third-order valence-electron chi connectivity index (χ3n) is 2.13. The zero-order chi connectivity index (χ0) is 12.8. The number of aliphatic hydroxyl groups excluding tert-OH is 1. The van der Waals surface area contributed by atoms with E-state index in [1.54, 1.807) is 6.92 Å². The maximum absolute atomic E-state index is 11.4. The molecule has 94 valence electrons. The summed E-state index contributed by atoms with van der Waals surface area (Å²) in [5, 5.41) is 11.4. The van der Waals surface area contributed by atoms with Crippen LogP contribution in [0.1, 0.15) is 12.5 Å². The predicted molar refractivity (Wildman–Crippen MR) is 69.1 cm³/mol. The minimum Gasteiger partial charge on any atom is -0.483 e. The largest absolute Gasteiger partial charge is 0.483 e. The van der Waals surface area contributed by atoms with Crippen LogP contribution < -0.4 is 10.1 Å². The van der Waals surface area contributed by atoms with Crippen LogP contribution in [0.25, 0.3) is 0 Å². The molecule has 1 amide bonds. The molecule has 0 spiro atoms. The molecule has 1 atom stereocenters. The number of hydrogen-bond acceptors (Lipinski definition) is 3. The third kappa shape index (κ3) is 4.75. The van der Waals surface area contributed by atoms with Crippen LogP contribution in [0.2, 0.25) is 0 Å². The van der Waals surface area contributed by atoms with Crippen LogP contribution in [0.5, 0.6) is 5.75 Å². The molecule has 5 heteroatoms. The van der Waals surface area contributed by atoms with Gasteiger partial charge in [-0.2, -0.15) is 0 Å². The topological polar surface area (TPSA) is 58.6 Å². The van der Waals surface area contributed by atoms with Gasteiger partial charge in [-0.1, -0.05) is 6.07 Å². The standard InChI is InChI=1S/C12H16BrNO3/c1-8-3-4-11(10(13)5-8)17-7-12(16)14-9(2)6-15/h3-5,9,15H,6-7H2,1-2H3,(H,14,16)/t9-/m1/s1. The highest BCUT2D eigenvalue weighted by Gasteiger charge is 2.08. The lowest BCUT2D eigenvalue weighted by molar-refractivity contribution is -0.124. The summed E-state index contributed by atoms with van der Waals surface area (Å²) >= 11 is 3.37. The van der Waals surface area contributed by atoms with E-state index < -0.39 is 0 Å². The van der Waals surface area contributed by atoms with E-state index in [-0.39, 0.29) is 25.2 Å². The van der Waals surface area contributed by atoms with E-state index in [9.17, 15) is 4.79 Å². The van der Waals surface area contributed by atoms with Gasteiger partial charge in [-0.3, -0.25) is 4.79 Å². The van der Waals surface area contributed by atoms with Gasteiger partial charge >= 0.3 is 0 Å². The molecule has 0 aliphatic heterocycles. The molecule has 0 aromatic heterocycles. The summed E-state index contributed by atoms with van der Waals surface area (Å²) in [4.78, 5) is 11.4. The summed E-state index contributed by atoms with van der Waals surface area (Å²) < 4.78 is 6.18. The van der Waals surface area contributed by atoms with Crippen LogP contribution >= 0.6 is 15.9 Å². The molecular weight excluding hydrogens is 286 g/mol. The van der Waals surface area contributed by atoms with Crippen molar-refractivity contribution in [2.45, 2.75) is 19.9 Å². The first-order chi connectivity index (χ1) is 8.02. The van der Waals surface area contributed by atoms with E-state index >= 15 is 0 Å². The first-order valence-corrected chi connectivity index (χ1v) is 6.11. The zero-order valence-corrected chi connectivity index (χ0v) is 11.5. The fraction of sp³-hybridized carbons (Fsp3) is 0.417. The maximum Gasteiger partial charge on any atom is 0.258 e. The first-order valence-electron chi connectivity index (χ1n) is 5.32. The van der Waals surface area contributed by atoms with E-state index in [0.29, 0.717) is 5.75 Å². The summed E-state index contributed by atoms with van der Waals surface area (Å²) in [5.74, 6) is 0.376. The summed E-state index contributed by atoms with van der Waals surface area (Å²) in [6.45, 7) is 3.55. The Balaban J connectivity index is 2.47. The van der Waals surface area contributed by atoms with E-state index in [4.69, 9.17) is 9.84 Å². The van der Waals surface area contributed by atoms with Gasteiger partial charge < -0.3 is 15.2 Å². The summed E-state index contributed by atoms with van der Waals surface area (Å²) in [7, 11) is 0. The molecule has 0 fully saturated rings. The van der Waals surface area contributed by atoms with E-state index in [2.05, 4.69) is 21.2 Å². The van der Waals surface area contributed by atoms with E-state index in [1.807, 2.05) is 25.1 Å². The van der Waals surface area contributed by atoms with Crippen LogP contribution in [-0.4, -0.2) is 30.3 Å². The smallest absolute Gasteiger partial charge is 0.258 e. The quantitative estimate of drug-likeness (QED) is 0.869. The number of rotatable bonds is 5. The molecule has 0 unspecified atom stereocenters. The highest BCUT2D eigenvalue weighted by Crippen LogP contribution is 2.25. The number of aryl methyl sites for hydroxylation is 1. The highest BCUT2D eigenvalue weighted by atomic mass is 79.9. The molecule has 2 N–H and O–H groups in total. The summed E-state index contributed by atoms with van der Waals surface area (Å²) in [6.07, 6.45) is 0. The molecule has 1 rings (SSSR count). The molecule has 0 saturated heterocycles. The monoisotopic (exact) mass is 301 g/mol. The number of carbonyl (C=O) groups is 1. The average Bonchev–Trinajstić information content (AvgIpc) is 2.27. The third-order valence-corrected chi connectivity index (χ3v) is 2.75. The Morgan fingerprint density at radius 3 is 2.88 bits per heavy atom. The van der Waals surface area contributed by atoms with Crippen molar-refractivity contribution in [1.29, 1.82) is 0 Å². The molecular formula is C12H16BrNO3. The van der Waals surface area contributed by atoms with E-state index in [0.717, 1.165) is 10.0 Å². The Labute approximate surface area is 109 Å². The second-order valence-electron chi connectivity index (χ2n) is 3.87. The van der Waals surface area contributed by atoms with Crippen LogP contribution in [0.3, 0.4) is 0 Å². The van der Waals surface area contributed by atoms with Crippen molar-refractivity contribution in [3.8, 4) is 5.75 Å². The predicted octanol–water partition coefficient (Wildman–Crippen LogP) is 1.63. The Kier molecular flexibility index (Phi) is 5.44. The highest BCUT2D eigenvalue weighted by molar-refractivity contribution is 9.10. The Morgan fingerprint density at radius 1 is 1.59 bits per heavy atom. The molecule has 0 saturated carbocycles. The second-order valence-corrected chi connectivity index (χ2v) is 4.73. The van der Waals surface area contributed by atoms with Gasteiger partial charge in [-0.05, 0) is 47.5 Å². The Hall–Kier alpha value is -1.07. The van der Waals surface area contributed by atoms with Gasteiger partial charge in [-0.25, -0.2) is 0 Å². The van der Waals surface area contributed by atoms with Crippen LogP contribution in [0, 0.1) is 6.92 Å². The number of benzene rings is 1. The molecule has 0 radical (unpaired) electrons. The fourth-order valence-corrected chi connectivity index (χ4v) is 1.84. The van der Waals surface area contributed by atoms with Crippen molar-refractivity contribution < 1.29 is 14.6 Å². The van der Waals surface area contributed by atoms with Crippen molar-refractivity contribution in [1.82, 2.24) is 5.32 Å². The normalized spacial score (nSPS) is 12.0. The maximum atomic E-state index is 11.4. The number of halogens is 1. The molecule has 0 bridgehead atoms. The molecule has 1 aromatic rings. The van der Waals surface area contributed by atoms with Crippen LogP contribution in [0.15, 0.2) is 22.7 Å². The molecule has 0 aliphatic rings. The number of aliphatic hydroxyl groups is 1. The SMILES string of the molecule is Cc1ccc(OCC(=O)N[C@H](C)CO)c(Br)c1. The molecule has 0 aliphatic carbocycles. The van der Waals surface area contributed by atoms with Gasteiger partial charge in [0.2, 0.25) is 0 Å². The van der Waals surface area contributed by atoms with Crippen molar-refractivity contribution in [2.24, 2.45) is 0 Å². The number of nitrogens with one attached hydrogen (secondary N) is 1. The van der Waals surface area contributed by atoms with Gasteiger partial charge in [0, 0.05) is 6.04 Å². The fourth-order valence-electron chi connectivity index (χ4n) is 1.23. The van der Waals surface area contributed by atoms with Crippen molar-refractivity contribution in [3.05, 3.63) is 28.2 Å². The lowest BCUT2D eigenvalue weighted by Crippen LogP contribution is -2.38. The Bertz CT molecular complexity index is 395. The van der Waals surface area contributed by atoms with Gasteiger partial charge in [0.25, 0.3) is 5.91 Å². The van der Waals surface area contributed by atoms with Crippen molar-refractivity contribution in [2.75, 3.05) is 13.2 Å². The molecule has 1 aromatic carbocycles. The number of amides is 1. The average molecular weight is 302 g/mol. The van der Waals surface area contributed by atoms with Crippen LogP contribution in [-0.2, 0) is 4.79 Å². The van der Waals surface area contributed by atoms with Gasteiger partial charge in [-0.15, -0.1) is 0 Å². The Morgan fingerprint density at radius 2 is 2.29 bits per heavy atom. The summed E-state index contributed by atoms with van der Waals surface area (Å²) in [6, 6.07) is 5.38. The first kappa shape index (κ1) is 14.0. The second kappa shape index (κ2) is 6.61. The number of carbonyl (C=O) groups excluding carboxylic acids is 1. The van der Waals surface area contributed by atoms with Crippen molar-refractivity contribution >= 4 is 21.8 Å². The lowest BCUT2D eigenvalue weighted by Gasteiger charge is -2.12. The summed E-state index contributed by atoms with van der Waals surface area (Å²) in [5.41, 5.74) is 1.11. The van der Waals surface area contributed by atoms with Gasteiger partial charge in [0.1, 0.15) is 5.75 Å². The number of hydrogen-bond donors (Lipinski definition) is 2. The minimum absolute atomic E-state index is 0.0635. The van der Waals surface area contributed by atoms with Crippen LogP contribution in [0.4, 0.5) is 0 Å². The van der Waals surface area contributed by atoms with E-state index in [1.165, 1.54) is 0 Å². The number of ether oxygens (including phenoxy) is 1. The van der Waals surface area contributed by atoms with Gasteiger partial charge in [0.05, 0.1) is 11.1 Å².